The van der Waals surface area contributed by atoms with Crippen molar-refractivity contribution in [3.05, 3.63) is 28.2 Å². The van der Waals surface area contributed by atoms with Crippen LogP contribution in [0.5, 0.6) is 5.75 Å². The zero-order chi connectivity index (χ0) is 16.2. The molecule has 0 N–H and O–H groups in total. The van der Waals surface area contributed by atoms with E-state index in [0.717, 1.165) is 10.0 Å². The summed E-state index contributed by atoms with van der Waals surface area (Å²) in [5.41, 5.74) is 0.763. The first-order chi connectivity index (χ1) is 9.69. The van der Waals surface area contributed by atoms with E-state index in [4.69, 9.17) is 13.8 Å². The molecule has 0 aromatic heterocycles. The smallest absolute Gasteiger partial charge is 0.349 e. The van der Waals surface area contributed by atoms with Gasteiger partial charge in [-0.1, -0.05) is 31.9 Å². The fourth-order valence-electron chi connectivity index (χ4n) is 1.72. The van der Waals surface area contributed by atoms with Crippen LogP contribution in [0.15, 0.2) is 22.7 Å². The van der Waals surface area contributed by atoms with Crippen LogP contribution in [0.25, 0.3) is 0 Å². The zero-order valence-corrected chi connectivity index (χ0v) is 16.9. The number of alkyl halides is 1. The topological polar surface area (TPSA) is 44.8 Å². The van der Waals surface area contributed by atoms with E-state index in [-0.39, 0.29) is 12.2 Å². The third-order valence-electron chi connectivity index (χ3n) is 2.45. The molecule has 0 radical (unpaired) electrons. The van der Waals surface area contributed by atoms with Gasteiger partial charge in [0.2, 0.25) is 0 Å². The van der Waals surface area contributed by atoms with Crippen LogP contribution >= 0.6 is 39.5 Å². The summed E-state index contributed by atoms with van der Waals surface area (Å²) >= 11 is 6.95. The Morgan fingerprint density at radius 3 is 2.05 bits per heavy atom. The first-order valence-electron chi connectivity index (χ1n) is 6.63. The van der Waals surface area contributed by atoms with Gasteiger partial charge in [-0.05, 0) is 51.5 Å². The minimum Gasteiger partial charge on any atom is -0.497 e. The molecule has 0 fully saturated rings. The Morgan fingerprint density at radius 1 is 1.10 bits per heavy atom. The maximum atomic E-state index is 13.1. The molecule has 7 heteroatoms. The number of methoxy groups -OCH3 is 1. The monoisotopic (exact) mass is 442 g/mol. The molecule has 120 valence electrons. The molecule has 0 aliphatic heterocycles. The van der Waals surface area contributed by atoms with E-state index in [2.05, 4.69) is 31.9 Å². The summed E-state index contributed by atoms with van der Waals surface area (Å²) in [4.78, 5) is 0. The summed E-state index contributed by atoms with van der Waals surface area (Å²) in [7, 11) is -1.78. The third-order valence-corrected chi connectivity index (χ3v) is 7.44. The molecule has 0 spiro atoms. The van der Waals surface area contributed by atoms with Crippen molar-refractivity contribution in [3.8, 4) is 5.75 Å². The van der Waals surface area contributed by atoms with Crippen molar-refractivity contribution in [2.75, 3.05) is 7.11 Å². The number of hydrogen-bond acceptors (Lipinski definition) is 4. The summed E-state index contributed by atoms with van der Waals surface area (Å²) in [6, 6.07) is 5.48. The van der Waals surface area contributed by atoms with Crippen LogP contribution in [0.3, 0.4) is 0 Å². The fraction of sp³-hybridized carbons (Fsp3) is 0.571. The van der Waals surface area contributed by atoms with Gasteiger partial charge in [0, 0.05) is 4.47 Å². The van der Waals surface area contributed by atoms with Gasteiger partial charge in [-0.15, -0.1) is 0 Å². The van der Waals surface area contributed by atoms with E-state index in [1.807, 2.05) is 45.9 Å². The molecule has 1 aromatic rings. The molecular weight excluding hydrogens is 423 g/mol. The van der Waals surface area contributed by atoms with Gasteiger partial charge in [-0.2, -0.15) is 0 Å². The molecule has 0 aliphatic carbocycles. The maximum Gasteiger partial charge on any atom is 0.349 e. The lowest BCUT2D eigenvalue weighted by Gasteiger charge is -2.27. The van der Waals surface area contributed by atoms with E-state index in [9.17, 15) is 4.57 Å². The quantitative estimate of drug-likeness (QED) is 0.389. The van der Waals surface area contributed by atoms with E-state index >= 15 is 0 Å². The second-order valence-electron chi connectivity index (χ2n) is 5.07. The Bertz CT molecular complexity index is 506. The standard InChI is InChI=1S/C14H21Br2O4P/c1-9(2)19-21(17,20-10(3)4)14(16)12-8-11(18-5)6-7-13(12)15/h6-10,14H,1-5H3. The minimum absolute atomic E-state index is 0.209. The molecule has 0 aliphatic rings. The van der Waals surface area contributed by atoms with Gasteiger partial charge >= 0.3 is 7.60 Å². The van der Waals surface area contributed by atoms with Crippen LogP contribution in [-0.4, -0.2) is 19.3 Å². The molecule has 1 unspecified atom stereocenters. The Kier molecular flexibility index (Phi) is 7.41. The van der Waals surface area contributed by atoms with Gasteiger partial charge in [0.1, 0.15) is 10.3 Å². The second kappa shape index (κ2) is 8.11. The summed E-state index contributed by atoms with van der Waals surface area (Å²) in [5.74, 6) is 0.679. The first kappa shape index (κ1) is 19.2. The zero-order valence-electron chi connectivity index (χ0n) is 12.8. The molecule has 1 rings (SSSR count). The average molecular weight is 444 g/mol. The number of hydrogen-bond donors (Lipinski definition) is 0. The number of halogens is 2. The van der Waals surface area contributed by atoms with Crippen LogP contribution in [0.2, 0.25) is 0 Å². The summed E-state index contributed by atoms with van der Waals surface area (Å²) < 4.78 is 29.8. The van der Waals surface area contributed by atoms with Crippen molar-refractivity contribution >= 4 is 39.5 Å². The number of benzene rings is 1. The molecular formula is C14H21Br2O4P. The van der Waals surface area contributed by atoms with E-state index in [1.165, 1.54) is 0 Å². The fourth-order valence-corrected chi connectivity index (χ4v) is 5.63. The SMILES string of the molecule is COc1ccc(Br)c(C(Br)P(=O)(OC(C)C)OC(C)C)c1. The molecule has 1 atom stereocenters. The highest BCUT2D eigenvalue weighted by atomic mass is 79.9. The van der Waals surface area contributed by atoms with Gasteiger partial charge in [0.15, 0.2) is 0 Å². The Hall–Kier alpha value is 0.130. The molecule has 4 nitrogen and oxygen atoms in total. The van der Waals surface area contributed by atoms with Crippen LogP contribution in [-0.2, 0) is 13.6 Å². The van der Waals surface area contributed by atoms with Gasteiger partial charge in [0.05, 0.1) is 19.3 Å². The van der Waals surface area contributed by atoms with Gasteiger partial charge in [-0.25, -0.2) is 0 Å². The van der Waals surface area contributed by atoms with Crippen LogP contribution in [0.1, 0.15) is 37.8 Å². The van der Waals surface area contributed by atoms with Crippen LogP contribution in [0.4, 0.5) is 0 Å². The predicted molar refractivity (Wildman–Crippen MR) is 92.4 cm³/mol. The maximum absolute atomic E-state index is 13.1. The minimum atomic E-state index is -3.37. The Labute approximate surface area is 143 Å². The van der Waals surface area contributed by atoms with Gasteiger partial charge in [-0.3, -0.25) is 4.57 Å². The van der Waals surface area contributed by atoms with Crippen molar-refractivity contribution in [1.82, 2.24) is 0 Å². The summed E-state index contributed by atoms with van der Waals surface area (Å²) in [6.07, 6.45) is -0.418. The van der Waals surface area contributed by atoms with Crippen molar-refractivity contribution in [2.24, 2.45) is 0 Å². The lowest BCUT2D eigenvalue weighted by molar-refractivity contribution is 0.141. The summed E-state index contributed by atoms with van der Waals surface area (Å²) in [6.45, 7) is 7.32. The molecule has 0 heterocycles. The molecule has 0 saturated heterocycles. The average Bonchev–Trinajstić information content (AvgIpc) is 2.36. The molecule has 0 bridgehead atoms. The Morgan fingerprint density at radius 2 is 1.62 bits per heavy atom. The van der Waals surface area contributed by atoms with Gasteiger partial charge in [0.25, 0.3) is 0 Å². The van der Waals surface area contributed by atoms with Crippen LogP contribution in [0, 0.1) is 0 Å². The van der Waals surface area contributed by atoms with Gasteiger partial charge < -0.3 is 13.8 Å². The van der Waals surface area contributed by atoms with Crippen LogP contribution < -0.4 is 4.74 Å². The van der Waals surface area contributed by atoms with Crippen molar-refractivity contribution < 1.29 is 18.3 Å². The highest BCUT2D eigenvalue weighted by molar-refractivity contribution is 9.11. The first-order valence-corrected chi connectivity index (χ1v) is 9.95. The molecule has 0 saturated carbocycles. The van der Waals surface area contributed by atoms with Crippen molar-refractivity contribution in [3.63, 3.8) is 0 Å². The molecule has 1 aromatic carbocycles. The Balaban J connectivity index is 3.21. The third kappa shape index (κ3) is 5.36. The lowest BCUT2D eigenvalue weighted by atomic mass is 10.2. The highest BCUT2D eigenvalue weighted by Gasteiger charge is 2.38. The molecule has 0 amide bonds. The number of rotatable bonds is 7. The highest BCUT2D eigenvalue weighted by Crippen LogP contribution is 2.66. The van der Waals surface area contributed by atoms with E-state index < -0.39 is 12.2 Å². The van der Waals surface area contributed by atoms with Crippen molar-refractivity contribution in [2.45, 2.75) is 44.5 Å². The second-order valence-corrected chi connectivity index (χ2v) is 9.57. The molecule has 21 heavy (non-hydrogen) atoms. The number of ether oxygens (including phenoxy) is 1. The normalized spacial score (nSPS) is 13.8. The lowest BCUT2D eigenvalue weighted by Crippen LogP contribution is -2.11. The van der Waals surface area contributed by atoms with Crippen molar-refractivity contribution in [1.29, 1.82) is 0 Å². The summed E-state index contributed by atoms with van der Waals surface area (Å²) in [5, 5.41) is 0. The van der Waals surface area contributed by atoms with E-state index in [0.29, 0.717) is 5.75 Å². The van der Waals surface area contributed by atoms with E-state index in [1.54, 1.807) is 7.11 Å². The largest absolute Gasteiger partial charge is 0.497 e. The predicted octanol–water partition coefficient (Wildman–Crippen LogP) is 5.89.